The summed E-state index contributed by atoms with van der Waals surface area (Å²) in [5.41, 5.74) is 11.1. The summed E-state index contributed by atoms with van der Waals surface area (Å²) in [6.45, 7) is 7.96. The van der Waals surface area contributed by atoms with Crippen LogP contribution in [0.1, 0.15) is 11.1 Å². The molecule has 0 aliphatic carbocycles. The second-order valence-electron chi connectivity index (χ2n) is 12.3. The van der Waals surface area contributed by atoms with Crippen LogP contribution in [0, 0.1) is 29.2 Å². The zero-order valence-corrected chi connectivity index (χ0v) is 26.7. The highest BCUT2D eigenvalue weighted by Gasteiger charge is 2.21. The van der Waals surface area contributed by atoms with E-state index in [1.54, 1.807) is 0 Å². The number of aromatic nitrogens is 2. The van der Waals surface area contributed by atoms with Crippen LogP contribution in [-0.4, -0.2) is 9.13 Å². The molecule has 5 nitrogen and oxygen atoms in total. The topological polar surface area (TPSA) is 61.8 Å². The average molecular weight is 636 g/mol. The summed E-state index contributed by atoms with van der Waals surface area (Å²) < 4.78 is 4.47. The molecule has 0 amide bonds. The van der Waals surface area contributed by atoms with E-state index in [-0.39, 0.29) is 0 Å². The Balaban J connectivity index is 1.30. The Morgan fingerprint density at radius 1 is 0.480 bits per heavy atom. The highest BCUT2D eigenvalue weighted by atomic mass is 15.0. The van der Waals surface area contributed by atoms with Gasteiger partial charge in [0, 0.05) is 38.5 Å². The fraction of sp³-hybridized carbons (Fsp3) is 0. The molecule has 0 saturated carbocycles. The van der Waals surface area contributed by atoms with Gasteiger partial charge in [-0.05, 0) is 77.4 Å². The number of nitrogens with zero attached hydrogens (tertiary/aromatic N) is 5. The zero-order valence-electron chi connectivity index (χ0n) is 26.7. The number of para-hydroxylation sites is 3. The Bertz CT molecular complexity index is 2920. The van der Waals surface area contributed by atoms with Gasteiger partial charge in [0.15, 0.2) is 0 Å². The van der Waals surface area contributed by atoms with Gasteiger partial charge >= 0.3 is 0 Å². The van der Waals surface area contributed by atoms with Gasteiger partial charge in [0.25, 0.3) is 0 Å². The summed E-state index contributed by atoms with van der Waals surface area (Å²) in [6.07, 6.45) is 0. The van der Waals surface area contributed by atoms with Crippen LogP contribution >= 0.6 is 0 Å². The number of benzene rings is 7. The minimum Gasteiger partial charge on any atom is -0.310 e. The van der Waals surface area contributed by atoms with Crippen molar-refractivity contribution in [1.82, 2.24) is 9.13 Å². The number of hydrogen-bond donors (Lipinski definition) is 0. The highest BCUT2D eigenvalue weighted by Crippen LogP contribution is 2.43. The van der Waals surface area contributed by atoms with Gasteiger partial charge < -0.3 is 9.13 Å². The fourth-order valence-corrected chi connectivity index (χ4v) is 7.44. The van der Waals surface area contributed by atoms with Crippen molar-refractivity contribution in [2.75, 3.05) is 0 Å². The van der Waals surface area contributed by atoms with Gasteiger partial charge in [-0.1, -0.05) is 91.0 Å². The summed E-state index contributed by atoms with van der Waals surface area (Å²) in [4.78, 5) is 3.78. The molecule has 0 atom stereocenters. The molecule has 0 radical (unpaired) electrons. The van der Waals surface area contributed by atoms with Crippen molar-refractivity contribution in [3.63, 3.8) is 0 Å². The standard InChI is InChI=1S/C45H25N5/c1-48-40-26-45(50-42-19-8-4-15-35(42)36-16-5-9-20-43(36)50)39(25-31(40)28-47)34-14-3-2-13-33(34)30-11-10-12-32(24-30)49-41-18-7-6-17-37(41)38-23-29(27-46)21-22-44(38)49/h2-26H. The first-order valence-electron chi connectivity index (χ1n) is 16.3. The van der Waals surface area contributed by atoms with Gasteiger partial charge in [-0.3, -0.25) is 0 Å². The van der Waals surface area contributed by atoms with Crippen molar-refractivity contribution in [3.05, 3.63) is 174 Å². The van der Waals surface area contributed by atoms with Crippen LogP contribution in [0.25, 0.3) is 82.1 Å². The monoisotopic (exact) mass is 635 g/mol. The van der Waals surface area contributed by atoms with Crippen molar-refractivity contribution in [1.29, 1.82) is 10.5 Å². The smallest absolute Gasteiger partial charge is 0.206 e. The SMILES string of the molecule is [C-]#[N+]c1cc(-n2c3ccccc3c3ccccc32)c(-c2ccccc2-c2cccc(-n3c4ccccc4c4cc(C#N)ccc43)c2)cc1C#N. The first-order valence-corrected chi connectivity index (χ1v) is 16.3. The second kappa shape index (κ2) is 11.4. The molecule has 0 spiro atoms. The molecule has 2 aromatic heterocycles. The summed E-state index contributed by atoms with van der Waals surface area (Å²) in [6, 6.07) is 55.8. The van der Waals surface area contributed by atoms with Crippen molar-refractivity contribution >= 4 is 49.3 Å². The number of rotatable bonds is 4. The Kier molecular flexibility index (Phi) is 6.56. The maximum atomic E-state index is 10.2. The summed E-state index contributed by atoms with van der Waals surface area (Å²) in [5.74, 6) is 0. The van der Waals surface area contributed by atoms with Crippen molar-refractivity contribution in [3.8, 4) is 45.8 Å². The lowest BCUT2D eigenvalue weighted by Crippen LogP contribution is -1.99. The molecule has 2 heterocycles. The minimum absolute atomic E-state index is 0.318. The molecule has 50 heavy (non-hydrogen) atoms. The van der Waals surface area contributed by atoms with Crippen molar-refractivity contribution in [2.45, 2.75) is 0 Å². The van der Waals surface area contributed by atoms with Crippen molar-refractivity contribution < 1.29 is 0 Å². The molecule has 0 fully saturated rings. The lowest BCUT2D eigenvalue weighted by atomic mass is 9.91. The van der Waals surface area contributed by atoms with Gasteiger partial charge in [0.2, 0.25) is 5.69 Å². The quantitative estimate of drug-likeness (QED) is 0.181. The van der Waals surface area contributed by atoms with Crippen LogP contribution in [0.3, 0.4) is 0 Å². The predicted octanol–water partition coefficient (Wildman–Crippen LogP) is 11.5. The Morgan fingerprint density at radius 2 is 1.08 bits per heavy atom. The van der Waals surface area contributed by atoms with Crippen LogP contribution in [0.15, 0.2) is 152 Å². The number of nitriles is 2. The molecule has 0 N–H and O–H groups in total. The maximum absolute atomic E-state index is 10.2. The van der Waals surface area contributed by atoms with Gasteiger partial charge in [-0.2, -0.15) is 10.5 Å². The third-order valence-corrected chi connectivity index (χ3v) is 9.61. The van der Waals surface area contributed by atoms with Gasteiger partial charge in [-0.15, -0.1) is 0 Å². The summed E-state index contributed by atoms with van der Waals surface area (Å²) in [7, 11) is 0. The molecule has 0 aliphatic rings. The average Bonchev–Trinajstić information content (AvgIpc) is 3.70. The number of hydrogen-bond acceptors (Lipinski definition) is 2. The molecule has 0 unspecified atom stereocenters. The molecule has 0 saturated heterocycles. The van der Waals surface area contributed by atoms with E-state index in [2.05, 4.69) is 98.9 Å². The van der Waals surface area contributed by atoms with E-state index in [4.69, 9.17) is 6.57 Å². The van der Waals surface area contributed by atoms with E-state index >= 15 is 0 Å². The molecule has 5 heteroatoms. The van der Waals surface area contributed by atoms with E-state index < -0.39 is 0 Å². The van der Waals surface area contributed by atoms with E-state index in [1.807, 2.05) is 78.9 Å². The second-order valence-corrected chi connectivity index (χ2v) is 12.3. The summed E-state index contributed by atoms with van der Waals surface area (Å²) >= 11 is 0. The lowest BCUT2D eigenvalue weighted by Gasteiger charge is -2.19. The molecule has 9 aromatic rings. The third kappa shape index (κ3) is 4.31. The van der Waals surface area contributed by atoms with Crippen LogP contribution in [-0.2, 0) is 0 Å². The van der Waals surface area contributed by atoms with Crippen LogP contribution in [0.2, 0.25) is 0 Å². The molecule has 0 aliphatic heterocycles. The third-order valence-electron chi connectivity index (χ3n) is 9.61. The van der Waals surface area contributed by atoms with Crippen LogP contribution in [0.5, 0.6) is 0 Å². The predicted molar refractivity (Wildman–Crippen MR) is 202 cm³/mol. The van der Waals surface area contributed by atoms with E-state index in [1.165, 1.54) is 0 Å². The highest BCUT2D eigenvalue weighted by molar-refractivity contribution is 6.11. The van der Waals surface area contributed by atoms with Crippen LogP contribution < -0.4 is 0 Å². The van der Waals surface area contributed by atoms with E-state index in [0.29, 0.717) is 16.8 Å². The Hall–Kier alpha value is -7.39. The number of fused-ring (bicyclic) bond motifs is 6. The first kappa shape index (κ1) is 28.8. The maximum Gasteiger partial charge on any atom is 0.206 e. The first-order chi connectivity index (χ1) is 24.7. The molecular weight excluding hydrogens is 611 g/mol. The molecule has 9 rings (SSSR count). The molecule has 7 aromatic carbocycles. The lowest BCUT2D eigenvalue weighted by molar-refractivity contribution is 1.18. The largest absolute Gasteiger partial charge is 0.310 e. The Morgan fingerprint density at radius 3 is 1.74 bits per heavy atom. The molecule has 230 valence electrons. The zero-order chi connectivity index (χ0) is 33.8. The fourth-order valence-electron chi connectivity index (χ4n) is 7.44. The van der Waals surface area contributed by atoms with Gasteiger partial charge in [0.1, 0.15) is 0 Å². The minimum atomic E-state index is 0.318. The Labute approximate surface area is 288 Å². The normalized spacial score (nSPS) is 11.1. The van der Waals surface area contributed by atoms with Gasteiger partial charge in [-0.25, -0.2) is 4.85 Å². The van der Waals surface area contributed by atoms with E-state index in [9.17, 15) is 10.5 Å². The summed E-state index contributed by atoms with van der Waals surface area (Å²) in [5, 5.41) is 24.2. The van der Waals surface area contributed by atoms with Gasteiger partial charge in [0.05, 0.1) is 51.9 Å². The molecular formula is C45H25N5. The van der Waals surface area contributed by atoms with E-state index in [0.717, 1.165) is 77.2 Å². The van der Waals surface area contributed by atoms with Crippen molar-refractivity contribution in [2.24, 2.45) is 0 Å². The van der Waals surface area contributed by atoms with Crippen LogP contribution in [0.4, 0.5) is 5.69 Å². The molecule has 0 bridgehead atoms.